The molecule has 3 amide bonds. The number of nitrogens with one attached hydrogen (secondary N) is 1. The topological polar surface area (TPSA) is 164 Å². The van der Waals surface area contributed by atoms with E-state index in [1.807, 2.05) is 61.5 Å². The second kappa shape index (κ2) is 15.6. The Kier molecular flexibility index (Phi) is 11.6. The third-order valence-corrected chi connectivity index (χ3v) is 11.8. The van der Waals surface area contributed by atoms with Gasteiger partial charge in [-0.3, -0.25) is 9.20 Å². The summed E-state index contributed by atoms with van der Waals surface area (Å²) in [5.41, 5.74) is 1.09. The number of aliphatic hydroxyl groups excluding tert-OH is 1. The normalized spacial score (nSPS) is 20.3. The minimum Gasteiger partial charge on any atom is -0.444 e. The molecule has 0 aromatic carbocycles. The maximum absolute atomic E-state index is 13.8. The molecule has 17 heteroatoms. The zero-order chi connectivity index (χ0) is 40.0. The van der Waals surface area contributed by atoms with Crippen molar-refractivity contribution in [2.24, 2.45) is 5.41 Å². The number of amides is 3. The molecule has 0 bridgehead atoms. The van der Waals surface area contributed by atoms with Crippen molar-refractivity contribution in [2.75, 3.05) is 50.8 Å². The van der Waals surface area contributed by atoms with Gasteiger partial charge in [0.15, 0.2) is 11.5 Å². The summed E-state index contributed by atoms with van der Waals surface area (Å²) in [6, 6.07) is 1.63. The number of carbonyl (C=O) groups excluding carboxylic acids is 3. The van der Waals surface area contributed by atoms with Crippen LogP contribution in [0.25, 0.3) is 5.65 Å². The minimum atomic E-state index is -0.602. The Morgan fingerprint density at radius 2 is 1.60 bits per heavy atom. The van der Waals surface area contributed by atoms with Gasteiger partial charge in [-0.05, 0) is 81.2 Å². The highest BCUT2D eigenvalue weighted by Gasteiger charge is 2.51. The number of carbonyl (C=O) groups is 3. The van der Waals surface area contributed by atoms with Crippen molar-refractivity contribution in [1.29, 1.82) is 0 Å². The molecule has 300 valence electrons. The van der Waals surface area contributed by atoms with E-state index in [0.717, 1.165) is 12.8 Å². The largest absolute Gasteiger partial charge is 0.444 e. The number of fused-ring (bicyclic) bond motifs is 1. The summed E-state index contributed by atoms with van der Waals surface area (Å²) in [6.07, 6.45) is 2.30. The van der Waals surface area contributed by atoms with Crippen molar-refractivity contribution < 1.29 is 33.7 Å². The second-order valence-corrected chi connectivity index (χ2v) is 18.0. The van der Waals surface area contributed by atoms with Gasteiger partial charge in [0.1, 0.15) is 27.6 Å². The molecule has 6 rings (SSSR count). The lowest BCUT2D eigenvalue weighted by atomic mass is 9.73. The van der Waals surface area contributed by atoms with Gasteiger partial charge in [-0.25, -0.2) is 24.5 Å². The van der Waals surface area contributed by atoms with Gasteiger partial charge in [-0.2, -0.15) is 0 Å². The lowest BCUT2D eigenvalue weighted by molar-refractivity contribution is 0.0139. The Morgan fingerprint density at radius 1 is 0.964 bits per heavy atom. The van der Waals surface area contributed by atoms with Crippen molar-refractivity contribution in [1.82, 2.24) is 34.5 Å². The predicted molar refractivity (Wildman–Crippen MR) is 208 cm³/mol. The number of piperidine rings is 1. The van der Waals surface area contributed by atoms with Crippen LogP contribution in [0.15, 0.2) is 22.2 Å². The van der Waals surface area contributed by atoms with E-state index in [1.165, 1.54) is 11.8 Å². The molecule has 2 N–H and O–H groups in total. The summed E-state index contributed by atoms with van der Waals surface area (Å²) in [5, 5.41) is 14.5. The molecule has 1 spiro atoms. The molecule has 0 aliphatic carbocycles. The Morgan fingerprint density at radius 3 is 2.22 bits per heavy atom. The fourth-order valence-corrected chi connectivity index (χ4v) is 8.65. The number of anilines is 1. The first kappa shape index (κ1) is 40.8. The molecule has 55 heavy (non-hydrogen) atoms. The summed E-state index contributed by atoms with van der Waals surface area (Å²) in [6.45, 7) is 19.7. The van der Waals surface area contributed by atoms with E-state index in [4.69, 9.17) is 35.8 Å². The first-order chi connectivity index (χ1) is 25.8. The van der Waals surface area contributed by atoms with Crippen LogP contribution >= 0.6 is 23.4 Å². The number of pyridine rings is 1. The molecule has 3 saturated heterocycles. The Balaban J connectivity index is 1.14. The third-order valence-electron chi connectivity index (χ3n) is 10.2. The van der Waals surface area contributed by atoms with Crippen molar-refractivity contribution in [3.63, 3.8) is 0 Å². The number of aryl methyl sites for hydroxylation is 2. The quantitative estimate of drug-likeness (QED) is 0.317. The Hall–Kier alpha value is -3.86. The molecule has 3 aromatic rings. The van der Waals surface area contributed by atoms with Gasteiger partial charge in [0.05, 0.1) is 41.8 Å². The zero-order valence-corrected chi connectivity index (χ0v) is 34.8. The van der Waals surface area contributed by atoms with Crippen LogP contribution in [-0.2, 0) is 20.8 Å². The van der Waals surface area contributed by atoms with Gasteiger partial charge in [-0.1, -0.05) is 23.4 Å². The smallest absolute Gasteiger partial charge is 0.410 e. The van der Waals surface area contributed by atoms with E-state index < -0.39 is 17.3 Å². The molecule has 0 saturated carbocycles. The first-order valence-corrected chi connectivity index (χ1v) is 20.0. The fourth-order valence-electron chi connectivity index (χ4n) is 7.47. The van der Waals surface area contributed by atoms with Crippen molar-refractivity contribution in [3.8, 4) is 0 Å². The Bertz CT molecular complexity index is 1950. The standard InChI is InChI=1S/C38H53ClN8O7S/c1-22-28(33(49)45-16-18-46(19-17-45)35(51)54-37(7,8)9)47-13-10-26(27(39)31(47)40-22)55-32-23(2)41-30(25(20-48)42-32)44-14-11-38(12-15-44)21-52-24(3)29(38)43-34(50)53-36(4,5)6/h10,13,24,29,48H,11-12,14-21H2,1-9H3,(H,43,50)/t24-,29+/m0/s1. The number of aliphatic hydroxyl groups is 1. The molecule has 0 unspecified atom stereocenters. The lowest BCUT2D eigenvalue weighted by Gasteiger charge is -2.43. The van der Waals surface area contributed by atoms with Gasteiger partial charge in [0.25, 0.3) is 5.91 Å². The highest BCUT2D eigenvalue weighted by molar-refractivity contribution is 7.99. The number of alkyl carbamates (subject to hydrolysis) is 1. The maximum Gasteiger partial charge on any atom is 0.410 e. The number of imidazole rings is 1. The number of aromatic nitrogens is 4. The number of nitrogens with zero attached hydrogens (tertiary/aromatic N) is 7. The molecule has 3 aliphatic rings. The number of hydrogen-bond donors (Lipinski definition) is 2. The van der Waals surface area contributed by atoms with Gasteiger partial charge >= 0.3 is 12.2 Å². The molecule has 3 aliphatic heterocycles. The van der Waals surface area contributed by atoms with E-state index in [0.29, 0.717) is 95.1 Å². The lowest BCUT2D eigenvalue weighted by Crippen LogP contribution is -2.55. The summed E-state index contributed by atoms with van der Waals surface area (Å²) in [7, 11) is 0. The molecular formula is C38H53ClN8O7S. The van der Waals surface area contributed by atoms with Crippen molar-refractivity contribution >= 4 is 52.9 Å². The highest BCUT2D eigenvalue weighted by Crippen LogP contribution is 2.44. The van der Waals surface area contributed by atoms with Crippen LogP contribution in [0.5, 0.6) is 0 Å². The van der Waals surface area contributed by atoms with Crippen molar-refractivity contribution in [2.45, 2.75) is 115 Å². The van der Waals surface area contributed by atoms with E-state index in [2.05, 4.69) is 15.2 Å². The predicted octanol–water partition coefficient (Wildman–Crippen LogP) is 5.63. The molecule has 3 fully saturated rings. The van der Waals surface area contributed by atoms with E-state index >= 15 is 0 Å². The third kappa shape index (κ3) is 8.76. The van der Waals surface area contributed by atoms with E-state index in [-0.39, 0.29) is 36.2 Å². The molecule has 3 aromatic heterocycles. The van der Waals surface area contributed by atoms with Crippen molar-refractivity contribution in [3.05, 3.63) is 40.1 Å². The Labute approximate surface area is 331 Å². The molecule has 0 radical (unpaired) electrons. The fraction of sp³-hybridized carbons (Fsp3) is 0.632. The highest BCUT2D eigenvalue weighted by atomic mass is 35.5. The SMILES string of the molecule is Cc1nc(N2CCC3(CC2)CO[C@@H](C)[C@H]3NC(=O)OC(C)(C)C)c(CO)nc1Sc1ccn2c(C(=O)N3CCN(C(=O)OC(C)(C)C)CC3)c(C)nc2c1Cl. The number of hydrogen-bond acceptors (Lipinski definition) is 12. The van der Waals surface area contributed by atoms with Gasteiger partial charge < -0.3 is 39.3 Å². The minimum absolute atomic E-state index is 0.150. The molecule has 2 atom stereocenters. The van der Waals surface area contributed by atoms with Crippen LogP contribution < -0.4 is 10.2 Å². The summed E-state index contributed by atoms with van der Waals surface area (Å²) < 4.78 is 18.8. The van der Waals surface area contributed by atoms with Gasteiger partial charge in [-0.15, -0.1) is 0 Å². The van der Waals surface area contributed by atoms with Crippen LogP contribution in [0.3, 0.4) is 0 Å². The van der Waals surface area contributed by atoms with Gasteiger partial charge in [0, 0.05) is 55.8 Å². The zero-order valence-electron chi connectivity index (χ0n) is 33.2. The van der Waals surface area contributed by atoms with Crippen LogP contribution in [0.1, 0.15) is 88.9 Å². The summed E-state index contributed by atoms with van der Waals surface area (Å²) in [5.74, 6) is 0.437. The summed E-state index contributed by atoms with van der Waals surface area (Å²) in [4.78, 5) is 59.6. The average Bonchev–Trinajstić information content (AvgIpc) is 3.60. The summed E-state index contributed by atoms with van der Waals surface area (Å²) >= 11 is 8.28. The molecular weight excluding hydrogens is 748 g/mol. The first-order valence-electron chi connectivity index (χ1n) is 18.8. The number of halogens is 1. The van der Waals surface area contributed by atoms with E-state index in [1.54, 1.807) is 27.3 Å². The average molecular weight is 801 g/mol. The van der Waals surface area contributed by atoms with Crippen LogP contribution in [-0.4, -0.2) is 122 Å². The monoisotopic (exact) mass is 800 g/mol. The van der Waals surface area contributed by atoms with Crippen LogP contribution in [0.2, 0.25) is 5.02 Å². The molecule has 15 nitrogen and oxygen atoms in total. The van der Waals surface area contributed by atoms with Crippen LogP contribution in [0, 0.1) is 19.3 Å². The number of piperazine rings is 1. The molecule has 6 heterocycles. The maximum atomic E-state index is 13.8. The van der Waals surface area contributed by atoms with Crippen LogP contribution in [0.4, 0.5) is 15.4 Å². The van der Waals surface area contributed by atoms with E-state index in [9.17, 15) is 19.5 Å². The second-order valence-electron chi connectivity index (χ2n) is 16.6. The number of rotatable bonds is 6. The number of ether oxygens (including phenoxy) is 3. The van der Waals surface area contributed by atoms with Gasteiger partial charge in [0.2, 0.25) is 0 Å².